The van der Waals surface area contributed by atoms with E-state index in [-0.39, 0.29) is 5.88 Å². The number of benzene rings is 2. The van der Waals surface area contributed by atoms with Crippen LogP contribution in [0.4, 0.5) is 11.4 Å². The highest BCUT2D eigenvalue weighted by atomic mass is 16.5. The fourth-order valence-corrected chi connectivity index (χ4v) is 3.06. The van der Waals surface area contributed by atoms with E-state index >= 15 is 0 Å². The molecule has 0 unspecified atom stereocenters. The van der Waals surface area contributed by atoms with Gasteiger partial charge in [-0.2, -0.15) is 5.11 Å². The van der Waals surface area contributed by atoms with Crippen LogP contribution in [0.1, 0.15) is 0 Å². The normalized spacial score (nSPS) is 16.0. The van der Waals surface area contributed by atoms with Crippen molar-refractivity contribution in [1.82, 2.24) is 9.47 Å². The number of morpholine rings is 1. The van der Waals surface area contributed by atoms with Crippen LogP contribution in [0.25, 0.3) is 10.9 Å². The molecule has 0 saturated carbocycles. The summed E-state index contributed by atoms with van der Waals surface area (Å²) in [6, 6.07) is 17.4. The third kappa shape index (κ3) is 3.26. The first kappa shape index (κ1) is 15.8. The molecule has 0 bridgehead atoms. The van der Waals surface area contributed by atoms with Gasteiger partial charge in [0, 0.05) is 18.5 Å². The summed E-state index contributed by atoms with van der Waals surface area (Å²) in [6.07, 6.45) is 0. The lowest BCUT2D eigenvalue weighted by atomic mass is 10.2. The molecule has 0 amide bonds. The topological polar surface area (TPSA) is 62.4 Å². The van der Waals surface area contributed by atoms with Crippen molar-refractivity contribution in [3.8, 4) is 5.88 Å². The Kier molecular flexibility index (Phi) is 4.45. The molecule has 128 valence electrons. The lowest BCUT2D eigenvalue weighted by molar-refractivity contribution is 0.0231. The third-order valence-electron chi connectivity index (χ3n) is 4.38. The smallest absolute Gasteiger partial charge is 0.221 e. The van der Waals surface area contributed by atoms with Crippen LogP contribution in [0.5, 0.6) is 5.88 Å². The Morgan fingerprint density at radius 3 is 2.44 bits per heavy atom. The first-order valence-corrected chi connectivity index (χ1v) is 8.40. The molecule has 1 aliphatic heterocycles. The van der Waals surface area contributed by atoms with Crippen LogP contribution in [-0.2, 0) is 11.4 Å². The monoisotopic (exact) mass is 336 g/mol. The molecule has 1 aliphatic rings. The zero-order chi connectivity index (χ0) is 17.1. The van der Waals surface area contributed by atoms with E-state index in [1.54, 1.807) is 0 Å². The van der Waals surface area contributed by atoms with E-state index in [1.165, 1.54) is 0 Å². The summed E-state index contributed by atoms with van der Waals surface area (Å²) in [4.78, 5) is 2.26. The molecule has 2 heterocycles. The van der Waals surface area contributed by atoms with Gasteiger partial charge in [0.2, 0.25) is 5.88 Å². The van der Waals surface area contributed by atoms with Gasteiger partial charge in [-0.15, -0.1) is 5.11 Å². The third-order valence-corrected chi connectivity index (χ3v) is 4.38. The summed E-state index contributed by atoms with van der Waals surface area (Å²) in [7, 11) is 0. The van der Waals surface area contributed by atoms with Crippen LogP contribution < -0.4 is 0 Å². The molecule has 25 heavy (non-hydrogen) atoms. The van der Waals surface area contributed by atoms with Crippen LogP contribution in [0.3, 0.4) is 0 Å². The second-order valence-electron chi connectivity index (χ2n) is 6.02. The average molecular weight is 336 g/mol. The van der Waals surface area contributed by atoms with Gasteiger partial charge in [-0.1, -0.05) is 36.4 Å². The zero-order valence-electron chi connectivity index (χ0n) is 13.9. The summed E-state index contributed by atoms with van der Waals surface area (Å²) < 4.78 is 7.29. The second-order valence-corrected chi connectivity index (χ2v) is 6.02. The van der Waals surface area contributed by atoms with Gasteiger partial charge in [-0.25, -0.2) is 0 Å². The van der Waals surface area contributed by atoms with Crippen LogP contribution >= 0.6 is 0 Å². The summed E-state index contributed by atoms with van der Waals surface area (Å²) in [6.45, 7) is 3.76. The number of aromatic hydroxyl groups is 1. The molecule has 1 fully saturated rings. The van der Waals surface area contributed by atoms with Crippen molar-refractivity contribution < 1.29 is 9.84 Å². The molecule has 1 N–H and O–H groups in total. The van der Waals surface area contributed by atoms with Crippen LogP contribution in [-0.4, -0.2) is 40.9 Å². The minimum Gasteiger partial charge on any atom is -0.493 e. The Hall–Kier alpha value is -2.70. The quantitative estimate of drug-likeness (QED) is 0.731. The van der Waals surface area contributed by atoms with Crippen molar-refractivity contribution in [2.75, 3.05) is 26.3 Å². The van der Waals surface area contributed by atoms with E-state index < -0.39 is 0 Å². The number of rotatable bonds is 4. The predicted octanol–water partition coefficient (Wildman–Crippen LogP) is 4.05. The standard InChI is InChI=1S/C19H20N4O2/c24-19-18(21-20-15-6-2-1-3-7-15)16-8-4-5-9-17(16)23(19)14-22-10-12-25-13-11-22/h1-9,24H,10-14H2. The lowest BCUT2D eigenvalue weighted by Gasteiger charge is -2.27. The van der Waals surface area contributed by atoms with Crippen LogP contribution in [0.2, 0.25) is 0 Å². The number of azo groups is 1. The van der Waals surface area contributed by atoms with Crippen molar-refractivity contribution in [2.45, 2.75) is 6.67 Å². The Labute approximate surface area is 146 Å². The number of aromatic nitrogens is 1. The van der Waals surface area contributed by atoms with Crippen molar-refractivity contribution in [2.24, 2.45) is 10.2 Å². The molecular formula is C19H20N4O2. The number of ether oxygens (including phenoxy) is 1. The van der Waals surface area contributed by atoms with E-state index in [0.29, 0.717) is 12.4 Å². The van der Waals surface area contributed by atoms with Crippen molar-refractivity contribution in [3.05, 3.63) is 54.6 Å². The van der Waals surface area contributed by atoms with E-state index in [1.807, 2.05) is 59.2 Å². The Morgan fingerprint density at radius 1 is 0.920 bits per heavy atom. The maximum atomic E-state index is 10.8. The van der Waals surface area contributed by atoms with Crippen molar-refractivity contribution in [1.29, 1.82) is 0 Å². The minimum absolute atomic E-state index is 0.146. The molecule has 4 rings (SSSR count). The van der Waals surface area contributed by atoms with Crippen LogP contribution in [0, 0.1) is 0 Å². The molecule has 1 saturated heterocycles. The fourth-order valence-electron chi connectivity index (χ4n) is 3.06. The molecular weight excluding hydrogens is 316 g/mol. The first-order valence-electron chi connectivity index (χ1n) is 8.40. The van der Waals surface area contributed by atoms with E-state index in [9.17, 15) is 5.11 Å². The van der Waals surface area contributed by atoms with E-state index in [2.05, 4.69) is 15.1 Å². The maximum absolute atomic E-state index is 10.8. The highest BCUT2D eigenvalue weighted by Gasteiger charge is 2.19. The second kappa shape index (κ2) is 7.04. The molecule has 1 aromatic heterocycles. The Morgan fingerprint density at radius 2 is 1.64 bits per heavy atom. The molecule has 6 heteroatoms. The molecule has 0 aliphatic carbocycles. The van der Waals surface area contributed by atoms with Gasteiger partial charge in [0.05, 0.1) is 31.1 Å². The molecule has 0 atom stereocenters. The van der Waals surface area contributed by atoms with Gasteiger partial charge in [-0.3, -0.25) is 9.47 Å². The highest BCUT2D eigenvalue weighted by molar-refractivity contribution is 5.94. The molecule has 0 radical (unpaired) electrons. The molecule has 2 aromatic carbocycles. The maximum Gasteiger partial charge on any atom is 0.221 e. The summed E-state index contributed by atoms with van der Waals surface area (Å²) in [5.74, 6) is 0.146. The van der Waals surface area contributed by atoms with Crippen molar-refractivity contribution >= 4 is 22.3 Å². The first-order chi connectivity index (χ1) is 12.3. The van der Waals surface area contributed by atoms with Crippen LogP contribution in [0.15, 0.2) is 64.8 Å². The van der Waals surface area contributed by atoms with Gasteiger partial charge in [0.1, 0.15) is 0 Å². The fraction of sp³-hybridized carbons (Fsp3) is 0.263. The molecule has 0 spiro atoms. The highest BCUT2D eigenvalue weighted by Crippen LogP contribution is 2.39. The largest absolute Gasteiger partial charge is 0.493 e. The zero-order valence-corrected chi connectivity index (χ0v) is 13.9. The predicted molar refractivity (Wildman–Crippen MR) is 96.6 cm³/mol. The summed E-state index contributed by atoms with van der Waals surface area (Å²) in [5.41, 5.74) is 2.22. The van der Waals surface area contributed by atoms with Gasteiger partial charge in [0.25, 0.3) is 0 Å². The Bertz CT molecular complexity index is 883. The SMILES string of the molecule is Oc1c(N=Nc2ccccc2)c2ccccc2n1CN1CCOCC1. The lowest BCUT2D eigenvalue weighted by Crippen LogP contribution is -2.37. The Balaban J connectivity index is 1.71. The van der Waals surface area contributed by atoms with Gasteiger partial charge in [-0.05, 0) is 18.2 Å². The van der Waals surface area contributed by atoms with E-state index in [4.69, 9.17) is 4.74 Å². The van der Waals surface area contributed by atoms with Gasteiger partial charge in [0.15, 0.2) is 5.69 Å². The average Bonchev–Trinajstić information content (AvgIpc) is 2.93. The summed E-state index contributed by atoms with van der Waals surface area (Å²) in [5, 5.41) is 20.3. The summed E-state index contributed by atoms with van der Waals surface area (Å²) >= 11 is 0. The van der Waals surface area contributed by atoms with Gasteiger partial charge >= 0.3 is 0 Å². The molecule has 6 nitrogen and oxygen atoms in total. The minimum atomic E-state index is 0.146. The molecule has 3 aromatic rings. The number of fused-ring (bicyclic) bond motifs is 1. The van der Waals surface area contributed by atoms with Crippen molar-refractivity contribution in [3.63, 3.8) is 0 Å². The number of para-hydroxylation sites is 1. The number of nitrogens with zero attached hydrogens (tertiary/aromatic N) is 4. The number of hydrogen-bond donors (Lipinski definition) is 1. The van der Waals surface area contributed by atoms with Gasteiger partial charge < -0.3 is 9.84 Å². The van der Waals surface area contributed by atoms with E-state index in [0.717, 1.165) is 42.9 Å². The number of hydrogen-bond acceptors (Lipinski definition) is 5.